The molecule has 1 heterocycles. The third kappa shape index (κ3) is 4.77. The molecule has 0 bridgehead atoms. The summed E-state index contributed by atoms with van der Waals surface area (Å²) in [5.74, 6) is 4.57. The van der Waals surface area contributed by atoms with E-state index in [0.29, 0.717) is 5.56 Å². The van der Waals surface area contributed by atoms with E-state index in [1.54, 1.807) is 29.1 Å². The lowest BCUT2D eigenvalue weighted by atomic mass is 10.1. The van der Waals surface area contributed by atoms with Gasteiger partial charge in [-0.1, -0.05) is 18.2 Å². The second kappa shape index (κ2) is 8.26. The van der Waals surface area contributed by atoms with Gasteiger partial charge in [0, 0.05) is 17.8 Å². The van der Waals surface area contributed by atoms with E-state index < -0.39 is 0 Å². The highest BCUT2D eigenvalue weighted by Gasteiger charge is 2.13. The van der Waals surface area contributed by atoms with Gasteiger partial charge < -0.3 is 17.7 Å². The predicted octanol–water partition coefficient (Wildman–Crippen LogP) is -2.16. The molecule has 122 valence electrons. The van der Waals surface area contributed by atoms with E-state index >= 15 is 0 Å². The van der Waals surface area contributed by atoms with Gasteiger partial charge >= 0.3 is 0 Å². The van der Waals surface area contributed by atoms with Gasteiger partial charge in [0.1, 0.15) is 0 Å². The molecule has 0 saturated carbocycles. The first-order chi connectivity index (χ1) is 10.5. The molecule has 0 radical (unpaired) electrons. The number of anilines is 1. The van der Waals surface area contributed by atoms with E-state index in [1.165, 1.54) is 0 Å². The normalized spacial score (nSPS) is 9.70. The molecule has 23 heavy (non-hydrogen) atoms. The predicted molar refractivity (Wildman–Crippen MR) is 82.8 cm³/mol. The van der Waals surface area contributed by atoms with Crippen LogP contribution in [0.25, 0.3) is 0 Å². The fraction of sp³-hybridized carbons (Fsp3) is 0.188. The van der Waals surface area contributed by atoms with E-state index in [1.807, 2.05) is 32.0 Å². The molecule has 2 rings (SSSR count). The maximum Gasteiger partial charge on any atom is 0.290 e. The van der Waals surface area contributed by atoms with Gasteiger partial charge in [0.15, 0.2) is 12.4 Å². The highest BCUT2D eigenvalue weighted by atomic mass is 35.5. The zero-order valence-corrected chi connectivity index (χ0v) is 13.7. The highest BCUT2D eigenvalue weighted by Crippen LogP contribution is 2.19. The van der Waals surface area contributed by atoms with E-state index in [9.17, 15) is 9.59 Å². The van der Waals surface area contributed by atoms with Crippen molar-refractivity contribution in [2.75, 3.05) is 5.32 Å². The Bertz CT molecular complexity index is 681. The van der Waals surface area contributed by atoms with Crippen LogP contribution in [0, 0.1) is 13.8 Å². The summed E-state index contributed by atoms with van der Waals surface area (Å²) in [4.78, 5) is 23.5. The third-order valence-electron chi connectivity index (χ3n) is 3.36. The van der Waals surface area contributed by atoms with Crippen LogP contribution >= 0.6 is 0 Å². The van der Waals surface area contributed by atoms with E-state index in [4.69, 9.17) is 5.84 Å². The van der Waals surface area contributed by atoms with Crippen molar-refractivity contribution in [3.8, 4) is 0 Å². The molecule has 4 N–H and O–H groups in total. The lowest BCUT2D eigenvalue weighted by molar-refractivity contribution is -0.684. The average molecular weight is 335 g/mol. The van der Waals surface area contributed by atoms with Gasteiger partial charge in [0.2, 0.25) is 6.54 Å². The topological polar surface area (TPSA) is 88.1 Å². The van der Waals surface area contributed by atoms with Crippen molar-refractivity contribution in [1.29, 1.82) is 0 Å². The lowest BCUT2D eigenvalue weighted by Gasteiger charge is -2.10. The molecule has 6 nitrogen and oxygen atoms in total. The van der Waals surface area contributed by atoms with E-state index in [0.717, 1.165) is 16.8 Å². The smallest absolute Gasteiger partial charge is 0.290 e. The summed E-state index contributed by atoms with van der Waals surface area (Å²) < 4.78 is 1.69. The molecule has 0 aliphatic carbocycles. The Balaban J connectivity index is 0.00000264. The van der Waals surface area contributed by atoms with Gasteiger partial charge in [-0.3, -0.25) is 15.0 Å². The van der Waals surface area contributed by atoms with Gasteiger partial charge in [0.05, 0.1) is 5.56 Å². The summed E-state index contributed by atoms with van der Waals surface area (Å²) in [6.45, 7) is 4.07. The molecule has 1 aromatic carbocycles. The van der Waals surface area contributed by atoms with Crippen LogP contribution in [0.5, 0.6) is 0 Å². The standard InChI is InChI=1S/C16H18N4O2.ClH/c1-11-4-3-5-12(2)15(11)18-14(21)10-20-8-6-13(7-9-20)16(22)19-17;/h3-9,17H,10H2,1-2H3,(H2,18,21,22);1H. The van der Waals surface area contributed by atoms with Crippen LogP contribution < -0.4 is 33.6 Å². The molecule has 2 aromatic rings. The van der Waals surface area contributed by atoms with Crippen LogP contribution in [0.4, 0.5) is 5.69 Å². The average Bonchev–Trinajstić information content (AvgIpc) is 2.51. The summed E-state index contributed by atoms with van der Waals surface area (Å²) in [6, 6.07) is 9.07. The van der Waals surface area contributed by atoms with E-state index in [2.05, 4.69) is 10.7 Å². The molecule has 0 aliphatic rings. The van der Waals surface area contributed by atoms with Gasteiger partial charge in [-0.05, 0) is 25.0 Å². The Morgan fingerprint density at radius 1 is 1.09 bits per heavy atom. The zero-order chi connectivity index (χ0) is 16.1. The van der Waals surface area contributed by atoms with Crippen LogP contribution in [-0.4, -0.2) is 11.8 Å². The van der Waals surface area contributed by atoms with Crippen LogP contribution in [-0.2, 0) is 11.3 Å². The summed E-state index contributed by atoms with van der Waals surface area (Å²) in [6.07, 6.45) is 3.32. The number of rotatable bonds is 4. The minimum absolute atomic E-state index is 0. The number of hydrogen-bond donors (Lipinski definition) is 3. The van der Waals surface area contributed by atoms with Crippen LogP contribution in [0.2, 0.25) is 0 Å². The number of amides is 2. The molecular weight excluding hydrogens is 316 g/mol. The third-order valence-corrected chi connectivity index (χ3v) is 3.36. The second-order valence-corrected chi connectivity index (χ2v) is 5.05. The molecule has 2 amide bonds. The molecule has 0 spiro atoms. The zero-order valence-electron chi connectivity index (χ0n) is 13.0. The number of aryl methyl sites for hydroxylation is 2. The second-order valence-electron chi connectivity index (χ2n) is 5.05. The van der Waals surface area contributed by atoms with Crippen LogP contribution in [0.1, 0.15) is 21.5 Å². The minimum atomic E-state index is -0.368. The number of hydrogen-bond acceptors (Lipinski definition) is 3. The van der Waals surface area contributed by atoms with Crippen molar-refractivity contribution in [1.82, 2.24) is 5.43 Å². The first-order valence-electron chi connectivity index (χ1n) is 6.87. The maximum atomic E-state index is 12.1. The number of halogens is 1. The number of hydrazine groups is 1. The van der Waals surface area contributed by atoms with Gasteiger partial charge in [-0.25, -0.2) is 5.84 Å². The Labute approximate surface area is 141 Å². The number of aromatic nitrogens is 1. The number of nitrogens with zero attached hydrogens (tertiary/aromatic N) is 1. The largest absolute Gasteiger partial charge is 1.00 e. The van der Waals surface area contributed by atoms with E-state index in [-0.39, 0.29) is 30.8 Å². The Morgan fingerprint density at radius 3 is 2.17 bits per heavy atom. The number of carbonyl (C=O) groups is 2. The first kappa shape index (κ1) is 18.6. The number of carbonyl (C=O) groups excluding carboxylic acids is 2. The number of nitrogens with one attached hydrogen (secondary N) is 2. The maximum absolute atomic E-state index is 12.1. The van der Waals surface area contributed by atoms with Crippen molar-refractivity contribution >= 4 is 17.5 Å². The summed E-state index contributed by atoms with van der Waals surface area (Å²) in [7, 11) is 0. The monoisotopic (exact) mass is 334 g/mol. The van der Waals surface area contributed by atoms with Crippen LogP contribution in [0.3, 0.4) is 0 Å². The number of benzene rings is 1. The molecule has 0 fully saturated rings. The molecule has 0 atom stereocenters. The number of para-hydroxylation sites is 1. The Hall–Kier alpha value is -2.44. The number of nitrogen functional groups attached to an aromatic ring is 1. The van der Waals surface area contributed by atoms with Gasteiger partial charge in [-0.15, -0.1) is 0 Å². The fourth-order valence-electron chi connectivity index (χ4n) is 2.15. The quantitative estimate of drug-likeness (QED) is 0.257. The summed E-state index contributed by atoms with van der Waals surface area (Å²) >= 11 is 0. The minimum Gasteiger partial charge on any atom is -1.00 e. The highest BCUT2D eigenvalue weighted by molar-refractivity contribution is 5.93. The lowest BCUT2D eigenvalue weighted by Crippen LogP contribution is -3.00. The molecular formula is C16H19ClN4O2. The SMILES string of the molecule is Cc1cccc(C)c1NC(=O)C[n+]1ccc(C(=O)NN)cc1.[Cl-]. The first-order valence-corrected chi connectivity index (χ1v) is 6.87. The Kier molecular flexibility index (Phi) is 6.68. The molecule has 0 saturated heterocycles. The van der Waals surface area contributed by atoms with Crippen molar-refractivity contribution in [2.24, 2.45) is 5.84 Å². The Morgan fingerprint density at radius 2 is 1.65 bits per heavy atom. The van der Waals surface area contributed by atoms with Gasteiger partial charge in [-0.2, -0.15) is 4.57 Å². The van der Waals surface area contributed by atoms with Crippen molar-refractivity contribution in [2.45, 2.75) is 20.4 Å². The molecule has 0 aliphatic heterocycles. The molecule has 7 heteroatoms. The van der Waals surface area contributed by atoms with Gasteiger partial charge in [0.25, 0.3) is 11.8 Å². The van der Waals surface area contributed by atoms with Crippen molar-refractivity contribution in [3.05, 3.63) is 59.4 Å². The summed E-state index contributed by atoms with van der Waals surface area (Å²) in [5.41, 5.74) is 5.38. The molecule has 1 aromatic heterocycles. The van der Waals surface area contributed by atoms with Crippen LogP contribution in [0.15, 0.2) is 42.7 Å². The fourth-order valence-corrected chi connectivity index (χ4v) is 2.15. The molecule has 0 unspecified atom stereocenters. The number of nitrogens with two attached hydrogens (primary N) is 1. The summed E-state index contributed by atoms with van der Waals surface area (Å²) in [5, 5.41) is 2.92. The number of pyridine rings is 1. The van der Waals surface area contributed by atoms with Crippen molar-refractivity contribution in [3.63, 3.8) is 0 Å². The van der Waals surface area contributed by atoms with Crippen molar-refractivity contribution < 1.29 is 26.6 Å².